The van der Waals surface area contributed by atoms with Gasteiger partial charge in [0.25, 0.3) is 0 Å². The highest BCUT2D eigenvalue weighted by atomic mass is 16.1. The Labute approximate surface area is 171 Å². The van der Waals surface area contributed by atoms with E-state index in [1.807, 2.05) is 25.1 Å². The number of carbonyl (C=O) groups is 1. The zero-order chi connectivity index (χ0) is 20.2. The fourth-order valence-corrected chi connectivity index (χ4v) is 3.51. The quantitative estimate of drug-likeness (QED) is 0.575. The van der Waals surface area contributed by atoms with Crippen molar-refractivity contribution in [3.63, 3.8) is 0 Å². The molecule has 0 radical (unpaired) electrons. The van der Waals surface area contributed by atoms with Gasteiger partial charge in [-0.15, -0.1) is 0 Å². The number of ketones is 1. The zero-order valence-electron chi connectivity index (χ0n) is 16.8. The molecule has 0 atom stereocenters. The number of aromatic nitrogens is 2. The lowest BCUT2D eigenvalue weighted by Gasteiger charge is -2.18. The molecule has 1 aliphatic rings. The summed E-state index contributed by atoms with van der Waals surface area (Å²) in [5.74, 6) is 2.15. The van der Waals surface area contributed by atoms with E-state index in [0.29, 0.717) is 17.2 Å². The van der Waals surface area contributed by atoms with Gasteiger partial charge < -0.3 is 15.5 Å². The van der Waals surface area contributed by atoms with Gasteiger partial charge in [0.1, 0.15) is 17.5 Å². The number of nitrogens with zero attached hydrogens (tertiary/aromatic N) is 3. The summed E-state index contributed by atoms with van der Waals surface area (Å²) in [5, 5.41) is 6.63. The lowest BCUT2D eigenvalue weighted by atomic mass is 10.1. The summed E-state index contributed by atoms with van der Waals surface area (Å²) in [6.07, 6.45) is 2.54. The molecule has 1 fully saturated rings. The van der Waals surface area contributed by atoms with Gasteiger partial charge in [-0.25, -0.2) is 9.97 Å². The molecule has 0 saturated carbocycles. The average Bonchev–Trinajstić information content (AvgIpc) is 3.23. The van der Waals surface area contributed by atoms with Crippen LogP contribution in [0.15, 0.2) is 54.6 Å². The van der Waals surface area contributed by atoms with Crippen LogP contribution in [0.5, 0.6) is 0 Å². The second-order valence-corrected chi connectivity index (χ2v) is 7.31. The number of rotatable bonds is 6. The van der Waals surface area contributed by atoms with Gasteiger partial charge in [0.05, 0.1) is 0 Å². The molecule has 6 nitrogen and oxygen atoms in total. The van der Waals surface area contributed by atoms with E-state index in [-0.39, 0.29) is 5.78 Å². The van der Waals surface area contributed by atoms with Crippen LogP contribution >= 0.6 is 0 Å². The number of aryl methyl sites for hydroxylation is 1. The molecule has 29 heavy (non-hydrogen) atoms. The highest BCUT2D eigenvalue weighted by Gasteiger charge is 2.12. The van der Waals surface area contributed by atoms with Crippen LogP contribution in [-0.4, -0.2) is 28.8 Å². The summed E-state index contributed by atoms with van der Waals surface area (Å²) in [6, 6.07) is 17.7. The molecule has 0 spiro atoms. The molecule has 6 heteroatoms. The molecule has 1 aliphatic heterocycles. The minimum atomic E-state index is 0.0525. The Kier molecular flexibility index (Phi) is 5.42. The minimum Gasteiger partial charge on any atom is -0.372 e. The van der Waals surface area contributed by atoms with Gasteiger partial charge in [-0.05, 0) is 75.2 Å². The van der Waals surface area contributed by atoms with Crippen LogP contribution in [-0.2, 0) is 0 Å². The van der Waals surface area contributed by atoms with Gasteiger partial charge in [-0.2, -0.15) is 0 Å². The molecule has 2 N–H and O–H groups in total. The first-order valence-corrected chi connectivity index (χ1v) is 9.92. The Morgan fingerprint density at radius 1 is 0.862 bits per heavy atom. The van der Waals surface area contributed by atoms with Crippen LogP contribution in [0.3, 0.4) is 0 Å². The number of benzene rings is 2. The number of Topliss-reactive ketones (excluding diaryl/α,β-unsaturated/α-hetero) is 1. The molecule has 148 valence electrons. The van der Waals surface area contributed by atoms with Gasteiger partial charge >= 0.3 is 0 Å². The van der Waals surface area contributed by atoms with E-state index in [2.05, 4.69) is 49.8 Å². The van der Waals surface area contributed by atoms with Gasteiger partial charge in [0.15, 0.2) is 5.78 Å². The Bertz CT molecular complexity index is 993. The maximum absolute atomic E-state index is 11.4. The van der Waals surface area contributed by atoms with Crippen molar-refractivity contribution in [3.05, 3.63) is 66.0 Å². The Morgan fingerprint density at radius 3 is 1.90 bits per heavy atom. The van der Waals surface area contributed by atoms with Gasteiger partial charge in [-0.1, -0.05) is 0 Å². The van der Waals surface area contributed by atoms with Crippen LogP contribution in [0, 0.1) is 6.92 Å². The van der Waals surface area contributed by atoms with Crippen LogP contribution in [0.4, 0.5) is 28.7 Å². The van der Waals surface area contributed by atoms with Crippen molar-refractivity contribution in [2.24, 2.45) is 0 Å². The second-order valence-electron chi connectivity index (χ2n) is 7.31. The summed E-state index contributed by atoms with van der Waals surface area (Å²) >= 11 is 0. The second kappa shape index (κ2) is 8.31. The first-order valence-electron chi connectivity index (χ1n) is 9.92. The van der Waals surface area contributed by atoms with Crippen molar-refractivity contribution in [2.45, 2.75) is 26.7 Å². The lowest BCUT2D eigenvalue weighted by molar-refractivity contribution is 0.101. The number of carbonyl (C=O) groups excluding carboxylic acids is 1. The molecular weight excluding hydrogens is 362 g/mol. The van der Waals surface area contributed by atoms with E-state index in [0.717, 1.165) is 30.3 Å². The molecule has 2 heterocycles. The number of nitrogens with one attached hydrogen (secondary N) is 2. The number of hydrogen-bond acceptors (Lipinski definition) is 6. The molecule has 0 aliphatic carbocycles. The topological polar surface area (TPSA) is 70.2 Å². The van der Waals surface area contributed by atoms with E-state index >= 15 is 0 Å². The fraction of sp³-hybridized carbons (Fsp3) is 0.261. The molecule has 1 aromatic heterocycles. The van der Waals surface area contributed by atoms with E-state index in [1.165, 1.54) is 18.5 Å². The van der Waals surface area contributed by atoms with Gasteiger partial charge in [0, 0.05) is 41.8 Å². The zero-order valence-corrected chi connectivity index (χ0v) is 16.8. The van der Waals surface area contributed by atoms with Crippen LogP contribution in [0.25, 0.3) is 0 Å². The SMILES string of the molecule is CC(=O)c1ccc(Nc2cc(Nc3ccc(N4CCCC4)cc3)nc(C)n2)cc1. The summed E-state index contributed by atoms with van der Waals surface area (Å²) in [7, 11) is 0. The summed E-state index contributed by atoms with van der Waals surface area (Å²) < 4.78 is 0. The van der Waals surface area contributed by atoms with Gasteiger partial charge in [0.2, 0.25) is 0 Å². The van der Waals surface area contributed by atoms with Crippen molar-refractivity contribution >= 4 is 34.5 Å². The fourth-order valence-electron chi connectivity index (χ4n) is 3.51. The van der Waals surface area contributed by atoms with E-state index in [1.54, 1.807) is 19.1 Å². The Morgan fingerprint density at radius 2 is 1.38 bits per heavy atom. The third-order valence-electron chi connectivity index (χ3n) is 5.01. The Hall–Kier alpha value is -3.41. The summed E-state index contributed by atoms with van der Waals surface area (Å²) in [4.78, 5) is 22.8. The predicted octanol–water partition coefficient (Wildman–Crippen LogP) is 5.08. The molecular formula is C23H25N5O. The van der Waals surface area contributed by atoms with E-state index in [9.17, 15) is 4.79 Å². The average molecular weight is 387 g/mol. The van der Waals surface area contributed by atoms with Crippen LogP contribution < -0.4 is 15.5 Å². The third kappa shape index (κ3) is 4.71. The van der Waals surface area contributed by atoms with Gasteiger partial charge in [-0.3, -0.25) is 4.79 Å². The van der Waals surface area contributed by atoms with Crippen molar-refractivity contribution in [3.8, 4) is 0 Å². The highest BCUT2D eigenvalue weighted by molar-refractivity contribution is 5.94. The molecule has 3 aromatic rings. The number of anilines is 5. The first-order chi connectivity index (χ1) is 14.1. The molecule has 0 unspecified atom stereocenters. The maximum atomic E-state index is 11.4. The van der Waals surface area contributed by atoms with Crippen molar-refractivity contribution in [2.75, 3.05) is 28.6 Å². The third-order valence-corrected chi connectivity index (χ3v) is 5.01. The minimum absolute atomic E-state index is 0.0525. The summed E-state index contributed by atoms with van der Waals surface area (Å²) in [5.41, 5.74) is 3.81. The molecule has 4 rings (SSSR count). The van der Waals surface area contributed by atoms with Crippen molar-refractivity contribution in [1.29, 1.82) is 0 Å². The maximum Gasteiger partial charge on any atom is 0.159 e. The van der Waals surface area contributed by atoms with Crippen molar-refractivity contribution in [1.82, 2.24) is 9.97 Å². The normalized spacial score (nSPS) is 13.4. The first kappa shape index (κ1) is 18.9. The van der Waals surface area contributed by atoms with Crippen molar-refractivity contribution < 1.29 is 4.79 Å². The van der Waals surface area contributed by atoms with Crippen LogP contribution in [0.2, 0.25) is 0 Å². The molecule has 2 aromatic carbocycles. The monoisotopic (exact) mass is 387 g/mol. The smallest absolute Gasteiger partial charge is 0.159 e. The Balaban J connectivity index is 1.47. The van der Waals surface area contributed by atoms with Crippen LogP contribution in [0.1, 0.15) is 35.9 Å². The lowest BCUT2D eigenvalue weighted by Crippen LogP contribution is -2.17. The van der Waals surface area contributed by atoms with E-state index < -0.39 is 0 Å². The highest BCUT2D eigenvalue weighted by Crippen LogP contribution is 2.25. The predicted molar refractivity (Wildman–Crippen MR) is 118 cm³/mol. The molecule has 0 bridgehead atoms. The molecule has 0 amide bonds. The molecule has 1 saturated heterocycles. The largest absolute Gasteiger partial charge is 0.372 e. The summed E-state index contributed by atoms with van der Waals surface area (Å²) in [6.45, 7) is 5.71. The van der Waals surface area contributed by atoms with E-state index in [4.69, 9.17) is 0 Å². The number of hydrogen-bond donors (Lipinski definition) is 2. The standard InChI is InChI=1S/C23H25N5O/c1-16(29)18-5-7-19(8-6-18)26-22-15-23(25-17(2)24-22)27-20-9-11-21(12-10-20)28-13-3-4-14-28/h5-12,15H,3-4,13-14H2,1-2H3,(H2,24,25,26,27).